The van der Waals surface area contributed by atoms with Crippen molar-refractivity contribution in [2.75, 3.05) is 5.32 Å². The molecule has 2 aromatic carbocycles. The van der Waals surface area contributed by atoms with E-state index in [1.54, 1.807) is 18.2 Å². The smallest absolute Gasteiger partial charge is 0.296 e. The predicted molar refractivity (Wildman–Crippen MR) is 123 cm³/mol. The van der Waals surface area contributed by atoms with Crippen LogP contribution in [0.15, 0.2) is 78.1 Å². The number of amides is 1. The summed E-state index contributed by atoms with van der Waals surface area (Å²) in [5.74, 6) is -2.22. The summed E-state index contributed by atoms with van der Waals surface area (Å²) in [6, 6.07) is 13.1. The number of hydrogen-bond acceptors (Lipinski definition) is 6. The summed E-state index contributed by atoms with van der Waals surface area (Å²) in [6.07, 6.45) is 4.02. The number of pyridine rings is 1. The summed E-state index contributed by atoms with van der Waals surface area (Å²) in [5.41, 5.74) is 0.554. The minimum absolute atomic E-state index is 0.0576. The number of Topliss-reactive ketones (excluding diaryl/α,β-unsaturated/α-hetero) is 2. The zero-order valence-electron chi connectivity index (χ0n) is 17.2. The fraction of sp³-hybridized carbons (Fsp3) is 0.0435. The van der Waals surface area contributed by atoms with Gasteiger partial charge in [-0.15, -0.1) is 0 Å². The van der Waals surface area contributed by atoms with Gasteiger partial charge in [0.05, 0.1) is 21.0 Å². The van der Waals surface area contributed by atoms with E-state index in [0.717, 1.165) is 10.2 Å². The number of anilines is 1. The highest BCUT2D eigenvalue weighted by Gasteiger charge is 2.27. The van der Waals surface area contributed by atoms with Gasteiger partial charge in [-0.1, -0.05) is 29.8 Å². The van der Waals surface area contributed by atoms with Crippen molar-refractivity contribution in [1.29, 1.82) is 0 Å². The third-order valence-corrected chi connectivity index (χ3v) is 6.94. The molecular formula is C23H16ClN3O5S. The largest absolute Gasteiger partial charge is 0.319 e. The fourth-order valence-corrected chi connectivity index (χ4v) is 4.97. The lowest BCUT2D eigenvalue weighted by atomic mass is 10.1. The number of nitrogens with zero attached hydrogens (tertiary/aromatic N) is 2. The van der Waals surface area contributed by atoms with Crippen molar-refractivity contribution in [1.82, 2.24) is 8.96 Å². The molecule has 33 heavy (non-hydrogen) atoms. The second-order valence-corrected chi connectivity index (χ2v) is 9.30. The minimum atomic E-state index is -4.22. The molecule has 4 aromatic rings. The van der Waals surface area contributed by atoms with E-state index in [4.69, 9.17) is 11.6 Å². The number of benzene rings is 2. The Balaban J connectivity index is 1.81. The first-order valence-corrected chi connectivity index (χ1v) is 11.4. The number of rotatable bonds is 6. The van der Waals surface area contributed by atoms with Crippen molar-refractivity contribution in [3.05, 3.63) is 89.3 Å². The lowest BCUT2D eigenvalue weighted by molar-refractivity contribution is -0.112. The first-order valence-electron chi connectivity index (χ1n) is 9.62. The maximum Gasteiger partial charge on any atom is 0.296 e. The van der Waals surface area contributed by atoms with Crippen LogP contribution < -0.4 is 5.32 Å². The monoisotopic (exact) mass is 481 g/mol. The number of carbonyl (C=O) groups is 3. The lowest BCUT2D eigenvalue weighted by Gasteiger charge is -2.09. The zero-order chi connectivity index (χ0) is 23.8. The summed E-state index contributed by atoms with van der Waals surface area (Å²) in [7, 11) is -4.22. The van der Waals surface area contributed by atoms with Crippen LogP contribution in [0.1, 0.15) is 27.6 Å². The zero-order valence-corrected chi connectivity index (χ0v) is 18.7. The Labute approximate surface area is 193 Å². The van der Waals surface area contributed by atoms with Gasteiger partial charge < -0.3 is 5.32 Å². The van der Waals surface area contributed by atoms with Crippen LogP contribution in [0.2, 0.25) is 5.02 Å². The Hall–Kier alpha value is -3.82. The van der Waals surface area contributed by atoms with E-state index in [9.17, 15) is 22.8 Å². The normalized spacial score (nSPS) is 11.3. The van der Waals surface area contributed by atoms with E-state index in [0.29, 0.717) is 5.69 Å². The van der Waals surface area contributed by atoms with Crippen LogP contribution in [-0.4, -0.2) is 34.8 Å². The third kappa shape index (κ3) is 4.15. The molecule has 0 aliphatic heterocycles. The van der Waals surface area contributed by atoms with Crippen molar-refractivity contribution in [3.63, 3.8) is 0 Å². The molecule has 0 aliphatic carbocycles. The molecule has 0 radical (unpaired) electrons. The number of para-hydroxylation sites is 1. The summed E-state index contributed by atoms with van der Waals surface area (Å²) in [6.45, 7) is 1.28. The highest BCUT2D eigenvalue weighted by atomic mass is 35.5. The summed E-state index contributed by atoms with van der Waals surface area (Å²) >= 11 is 6.01. The Bertz CT molecular complexity index is 1530. The van der Waals surface area contributed by atoms with Crippen molar-refractivity contribution in [2.45, 2.75) is 11.8 Å². The number of halogens is 1. The molecule has 1 amide bonds. The molecule has 10 heteroatoms. The van der Waals surface area contributed by atoms with Gasteiger partial charge in [0.15, 0.2) is 5.78 Å². The van der Waals surface area contributed by atoms with Gasteiger partial charge in [0.25, 0.3) is 21.7 Å². The van der Waals surface area contributed by atoms with Gasteiger partial charge in [0.1, 0.15) is 0 Å². The molecule has 0 unspecified atom stereocenters. The van der Waals surface area contributed by atoms with Crippen LogP contribution in [0.5, 0.6) is 0 Å². The quantitative estimate of drug-likeness (QED) is 0.329. The molecule has 2 heterocycles. The third-order valence-electron chi connectivity index (χ3n) is 4.94. The molecule has 0 bridgehead atoms. The van der Waals surface area contributed by atoms with Crippen LogP contribution in [-0.2, 0) is 14.8 Å². The van der Waals surface area contributed by atoms with E-state index < -0.39 is 27.5 Å². The fourth-order valence-electron chi connectivity index (χ4n) is 3.32. The molecule has 0 saturated heterocycles. The van der Waals surface area contributed by atoms with Gasteiger partial charge in [0.2, 0.25) is 0 Å². The maximum absolute atomic E-state index is 13.4. The van der Waals surface area contributed by atoms with Crippen molar-refractivity contribution in [3.8, 4) is 0 Å². The Morgan fingerprint density at radius 2 is 1.67 bits per heavy atom. The van der Waals surface area contributed by atoms with Crippen LogP contribution in [0.4, 0.5) is 5.69 Å². The number of ketones is 2. The predicted octanol–water partition coefficient (Wildman–Crippen LogP) is 3.95. The Morgan fingerprint density at radius 3 is 2.36 bits per heavy atom. The minimum Gasteiger partial charge on any atom is -0.319 e. The van der Waals surface area contributed by atoms with Gasteiger partial charge in [-0.2, -0.15) is 0 Å². The molecule has 2 aromatic heterocycles. The lowest BCUT2D eigenvalue weighted by Crippen LogP contribution is -2.22. The standard InChI is InChI=1S/C23H16ClN3O5S/c1-14(28)18-12-16(6-7-20(18)24)33(31,32)27-13-19(17-4-2-3-5-21(17)27)22(29)23(30)26-15-8-10-25-11-9-15/h2-13H,1H3,(H,25,26,30). The number of carbonyl (C=O) groups excluding carboxylic acids is 3. The highest BCUT2D eigenvalue weighted by molar-refractivity contribution is 7.90. The van der Waals surface area contributed by atoms with E-state index in [-0.39, 0.29) is 31.9 Å². The molecule has 166 valence electrons. The van der Waals surface area contributed by atoms with Gasteiger partial charge in [0, 0.05) is 35.2 Å². The van der Waals surface area contributed by atoms with Crippen molar-refractivity contribution < 1.29 is 22.8 Å². The number of fused-ring (bicyclic) bond motifs is 1. The van der Waals surface area contributed by atoms with Gasteiger partial charge in [-0.3, -0.25) is 19.4 Å². The molecule has 0 atom stereocenters. The molecular weight excluding hydrogens is 466 g/mol. The SMILES string of the molecule is CC(=O)c1cc(S(=O)(=O)n2cc(C(=O)C(=O)Nc3ccncc3)c3ccccc32)ccc1Cl. The summed E-state index contributed by atoms with van der Waals surface area (Å²) in [5, 5.41) is 2.89. The van der Waals surface area contributed by atoms with Crippen LogP contribution in [0, 0.1) is 0 Å². The second kappa shape index (κ2) is 8.61. The first kappa shape index (κ1) is 22.4. The molecule has 0 fully saturated rings. The molecule has 8 nitrogen and oxygen atoms in total. The van der Waals surface area contributed by atoms with Crippen molar-refractivity contribution >= 4 is 55.7 Å². The van der Waals surface area contributed by atoms with Crippen LogP contribution in [0.3, 0.4) is 0 Å². The molecule has 1 N–H and O–H groups in total. The topological polar surface area (TPSA) is 115 Å². The average Bonchev–Trinajstić information content (AvgIpc) is 3.19. The molecule has 0 saturated carbocycles. The maximum atomic E-state index is 13.4. The Kier molecular flexibility index (Phi) is 5.84. The summed E-state index contributed by atoms with van der Waals surface area (Å²) in [4.78, 5) is 41.0. The van der Waals surface area contributed by atoms with Crippen LogP contribution in [0.25, 0.3) is 10.9 Å². The number of nitrogens with one attached hydrogen (secondary N) is 1. The molecule has 0 aliphatic rings. The summed E-state index contributed by atoms with van der Waals surface area (Å²) < 4.78 is 27.8. The second-order valence-electron chi connectivity index (χ2n) is 7.08. The highest BCUT2D eigenvalue weighted by Crippen LogP contribution is 2.28. The van der Waals surface area contributed by atoms with Crippen LogP contribution >= 0.6 is 11.6 Å². The first-order chi connectivity index (χ1) is 15.7. The van der Waals surface area contributed by atoms with Gasteiger partial charge in [-0.05, 0) is 43.3 Å². The van der Waals surface area contributed by atoms with E-state index >= 15 is 0 Å². The molecule has 0 spiro atoms. The number of hydrogen-bond donors (Lipinski definition) is 1. The van der Waals surface area contributed by atoms with Gasteiger partial charge >= 0.3 is 0 Å². The van der Waals surface area contributed by atoms with E-state index in [2.05, 4.69) is 10.3 Å². The van der Waals surface area contributed by atoms with Gasteiger partial charge in [-0.25, -0.2) is 12.4 Å². The average molecular weight is 482 g/mol. The number of aromatic nitrogens is 2. The van der Waals surface area contributed by atoms with E-state index in [1.165, 1.54) is 55.7 Å². The van der Waals surface area contributed by atoms with E-state index in [1.807, 2.05) is 0 Å². The van der Waals surface area contributed by atoms with Crippen molar-refractivity contribution in [2.24, 2.45) is 0 Å². The Morgan fingerprint density at radius 1 is 0.970 bits per heavy atom. The molecule has 4 rings (SSSR count).